The van der Waals surface area contributed by atoms with E-state index in [1.807, 2.05) is 0 Å². The maximum absolute atomic E-state index is 12.7. The third-order valence-corrected chi connectivity index (χ3v) is 5.75. The molecule has 8 heteroatoms. The first-order valence-corrected chi connectivity index (χ1v) is 8.88. The number of fused-ring (bicyclic) bond motifs is 1. The topological polar surface area (TPSA) is 105 Å². The third-order valence-electron chi connectivity index (χ3n) is 3.91. The number of nitrogens with two attached hydrogens (primary N) is 1. The molecular formula is C14H16ClN3O3S. The van der Waals surface area contributed by atoms with E-state index < -0.39 is 15.9 Å². The molecule has 0 atom stereocenters. The van der Waals surface area contributed by atoms with Crippen LogP contribution in [0.3, 0.4) is 0 Å². The normalized spacial score (nSPS) is 16.4. The zero-order chi connectivity index (χ0) is 15.9. The van der Waals surface area contributed by atoms with E-state index in [1.165, 1.54) is 6.07 Å². The van der Waals surface area contributed by atoms with Crippen molar-refractivity contribution in [3.05, 3.63) is 28.9 Å². The van der Waals surface area contributed by atoms with Crippen LogP contribution in [0, 0.1) is 0 Å². The summed E-state index contributed by atoms with van der Waals surface area (Å²) in [6.45, 7) is 0. The average Bonchev–Trinajstić information content (AvgIpc) is 3.04. The second-order valence-corrected chi connectivity index (χ2v) is 7.57. The van der Waals surface area contributed by atoms with Crippen molar-refractivity contribution in [2.75, 3.05) is 0 Å². The number of rotatable bonds is 4. The lowest BCUT2D eigenvalue weighted by Gasteiger charge is -2.12. The van der Waals surface area contributed by atoms with Crippen LogP contribution in [0.25, 0.3) is 10.9 Å². The number of halogens is 1. The van der Waals surface area contributed by atoms with Gasteiger partial charge in [-0.2, -0.15) is 0 Å². The van der Waals surface area contributed by atoms with Crippen LogP contribution in [0.2, 0.25) is 5.02 Å². The lowest BCUT2D eigenvalue weighted by atomic mass is 10.2. The molecule has 1 fully saturated rings. The molecule has 1 aromatic heterocycles. The van der Waals surface area contributed by atoms with Gasteiger partial charge in [0.1, 0.15) is 10.6 Å². The number of aromatic amines is 1. The van der Waals surface area contributed by atoms with Gasteiger partial charge >= 0.3 is 0 Å². The van der Waals surface area contributed by atoms with Crippen molar-refractivity contribution in [2.24, 2.45) is 5.73 Å². The minimum absolute atomic E-state index is 0.102. The highest BCUT2D eigenvalue weighted by atomic mass is 35.5. The zero-order valence-corrected chi connectivity index (χ0v) is 13.3. The van der Waals surface area contributed by atoms with Crippen LogP contribution in [-0.4, -0.2) is 25.4 Å². The Hall–Kier alpha value is -1.57. The van der Waals surface area contributed by atoms with E-state index in [0.29, 0.717) is 15.9 Å². The molecule has 1 aromatic carbocycles. The number of amides is 1. The summed E-state index contributed by atoms with van der Waals surface area (Å²) in [5.41, 5.74) is 5.71. The first kappa shape index (κ1) is 15.3. The van der Waals surface area contributed by atoms with Gasteiger partial charge in [-0.25, -0.2) is 13.1 Å². The van der Waals surface area contributed by atoms with Crippen LogP contribution in [-0.2, 0) is 10.0 Å². The van der Waals surface area contributed by atoms with E-state index >= 15 is 0 Å². The van der Waals surface area contributed by atoms with Gasteiger partial charge in [0.2, 0.25) is 10.0 Å². The first-order chi connectivity index (χ1) is 10.4. The highest BCUT2D eigenvalue weighted by Gasteiger charge is 2.30. The van der Waals surface area contributed by atoms with Crippen LogP contribution in [0.4, 0.5) is 0 Å². The number of nitrogens with one attached hydrogen (secondary N) is 2. The van der Waals surface area contributed by atoms with E-state index in [2.05, 4.69) is 9.71 Å². The van der Waals surface area contributed by atoms with Crippen molar-refractivity contribution >= 4 is 38.4 Å². The quantitative estimate of drug-likeness (QED) is 0.793. The van der Waals surface area contributed by atoms with Gasteiger partial charge in [0.25, 0.3) is 5.91 Å². The summed E-state index contributed by atoms with van der Waals surface area (Å²) in [6, 6.07) is 4.66. The molecule has 0 spiro atoms. The van der Waals surface area contributed by atoms with E-state index in [9.17, 15) is 13.2 Å². The number of sulfonamides is 1. The summed E-state index contributed by atoms with van der Waals surface area (Å²) in [6.07, 6.45) is 3.59. The molecule has 1 aliphatic rings. The van der Waals surface area contributed by atoms with Crippen molar-refractivity contribution < 1.29 is 13.2 Å². The van der Waals surface area contributed by atoms with Crippen molar-refractivity contribution in [1.29, 1.82) is 0 Å². The van der Waals surface area contributed by atoms with E-state index in [1.54, 1.807) is 12.1 Å². The number of aromatic nitrogens is 1. The molecule has 4 N–H and O–H groups in total. The van der Waals surface area contributed by atoms with Gasteiger partial charge in [-0.05, 0) is 31.0 Å². The number of hydrogen-bond acceptors (Lipinski definition) is 3. The number of H-pyrrole nitrogens is 1. The van der Waals surface area contributed by atoms with Gasteiger partial charge in [0.15, 0.2) is 0 Å². The number of hydrogen-bond donors (Lipinski definition) is 3. The Morgan fingerprint density at radius 2 is 2.00 bits per heavy atom. The molecule has 1 saturated carbocycles. The van der Waals surface area contributed by atoms with Crippen LogP contribution in [0.5, 0.6) is 0 Å². The highest BCUT2D eigenvalue weighted by molar-refractivity contribution is 7.89. The van der Waals surface area contributed by atoms with Crippen molar-refractivity contribution in [3.63, 3.8) is 0 Å². The summed E-state index contributed by atoms with van der Waals surface area (Å²) in [5, 5.41) is 0.756. The standard InChI is InChI=1S/C14H16ClN3O3S/c15-8-5-6-11-10(7-8)13(12(17-11)14(16)19)22(20,21)18-9-3-1-2-4-9/h5-7,9,17-18H,1-4H2,(H2,16,19). The van der Waals surface area contributed by atoms with Gasteiger partial charge < -0.3 is 10.7 Å². The Balaban J connectivity index is 2.16. The molecule has 1 heterocycles. The highest BCUT2D eigenvalue weighted by Crippen LogP contribution is 2.30. The first-order valence-electron chi connectivity index (χ1n) is 7.02. The maximum Gasteiger partial charge on any atom is 0.266 e. The minimum Gasteiger partial charge on any atom is -0.364 e. The molecule has 22 heavy (non-hydrogen) atoms. The van der Waals surface area contributed by atoms with E-state index in [0.717, 1.165) is 25.7 Å². The fraction of sp³-hybridized carbons (Fsp3) is 0.357. The van der Waals surface area contributed by atoms with Gasteiger partial charge in [0, 0.05) is 22.0 Å². The molecule has 0 aliphatic heterocycles. The summed E-state index contributed by atoms with van der Waals surface area (Å²) in [4.78, 5) is 14.3. The molecule has 1 aliphatic carbocycles. The molecule has 3 rings (SSSR count). The smallest absolute Gasteiger partial charge is 0.266 e. The van der Waals surface area contributed by atoms with Crippen LogP contribution >= 0.6 is 11.6 Å². The fourth-order valence-corrected chi connectivity index (χ4v) is 4.76. The lowest BCUT2D eigenvalue weighted by molar-refractivity contribution is 0.0993. The minimum atomic E-state index is -3.86. The van der Waals surface area contributed by atoms with Gasteiger partial charge in [-0.3, -0.25) is 4.79 Å². The molecule has 1 amide bonds. The Morgan fingerprint density at radius 3 is 2.64 bits per heavy atom. The third kappa shape index (κ3) is 2.71. The summed E-state index contributed by atoms with van der Waals surface area (Å²) >= 11 is 5.95. The monoisotopic (exact) mass is 341 g/mol. The van der Waals surface area contributed by atoms with Crippen molar-refractivity contribution in [2.45, 2.75) is 36.6 Å². The van der Waals surface area contributed by atoms with Crippen LogP contribution in [0.15, 0.2) is 23.1 Å². The Bertz CT molecular complexity index is 838. The molecule has 118 valence electrons. The van der Waals surface area contributed by atoms with Crippen molar-refractivity contribution in [1.82, 2.24) is 9.71 Å². The van der Waals surface area contributed by atoms with Gasteiger partial charge in [-0.1, -0.05) is 24.4 Å². The summed E-state index contributed by atoms with van der Waals surface area (Å²) in [5.74, 6) is -0.820. The van der Waals surface area contributed by atoms with Crippen LogP contribution < -0.4 is 10.5 Å². The Kier molecular flexibility index (Phi) is 3.88. The predicted molar refractivity (Wildman–Crippen MR) is 84.4 cm³/mol. The number of benzene rings is 1. The summed E-state index contributed by atoms with van der Waals surface area (Å²) < 4.78 is 28.1. The Morgan fingerprint density at radius 1 is 1.32 bits per heavy atom. The van der Waals surface area contributed by atoms with Crippen LogP contribution in [0.1, 0.15) is 36.2 Å². The molecule has 6 nitrogen and oxygen atoms in total. The van der Waals surface area contributed by atoms with Gasteiger partial charge in [0.05, 0.1) is 0 Å². The molecule has 0 bridgehead atoms. The zero-order valence-electron chi connectivity index (χ0n) is 11.7. The molecular weight excluding hydrogens is 326 g/mol. The summed E-state index contributed by atoms with van der Waals surface area (Å²) in [7, 11) is -3.86. The number of carbonyl (C=O) groups is 1. The number of carbonyl (C=O) groups excluding carboxylic acids is 1. The fourth-order valence-electron chi connectivity index (χ4n) is 2.91. The predicted octanol–water partition coefficient (Wildman–Crippen LogP) is 2.14. The largest absolute Gasteiger partial charge is 0.364 e. The number of primary amides is 1. The second-order valence-electron chi connectivity index (χ2n) is 5.49. The molecule has 0 saturated heterocycles. The molecule has 0 radical (unpaired) electrons. The SMILES string of the molecule is NC(=O)c1[nH]c2ccc(Cl)cc2c1S(=O)(=O)NC1CCCC1. The Labute approximate surface area is 133 Å². The average molecular weight is 342 g/mol. The van der Waals surface area contributed by atoms with Gasteiger partial charge in [-0.15, -0.1) is 0 Å². The van der Waals surface area contributed by atoms with E-state index in [-0.39, 0.29) is 16.6 Å². The lowest BCUT2D eigenvalue weighted by Crippen LogP contribution is -2.33. The second kappa shape index (κ2) is 5.57. The van der Waals surface area contributed by atoms with E-state index in [4.69, 9.17) is 17.3 Å². The molecule has 0 unspecified atom stereocenters. The maximum atomic E-state index is 12.7. The molecule has 2 aromatic rings. The van der Waals surface area contributed by atoms with Crippen molar-refractivity contribution in [3.8, 4) is 0 Å².